The largest absolute Gasteiger partial charge is 0.326 e. The first-order valence-corrected chi connectivity index (χ1v) is 10.8. The van der Waals surface area contributed by atoms with Crippen LogP contribution in [0.25, 0.3) is 11.0 Å². The van der Waals surface area contributed by atoms with Crippen LogP contribution in [-0.2, 0) is 16.8 Å². The van der Waals surface area contributed by atoms with Crippen LogP contribution in [0.3, 0.4) is 0 Å². The number of thioether (sulfide) groups is 1. The smallest absolute Gasteiger partial charge is 0.265 e. The summed E-state index contributed by atoms with van der Waals surface area (Å²) in [6.45, 7) is 8.18. The second-order valence-corrected chi connectivity index (χ2v) is 9.29. The van der Waals surface area contributed by atoms with Crippen molar-refractivity contribution in [3.05, 3.63) is 46.4 Å². The Bertz CT molecular complexity index is 1120. The van der Waals surface area contributed by atoms with Crippen molar-refractivity contribution in [1.29, 1.82) is 0 Å². The Balaban J connectivity index is 1.58. The van der Waals surface area contributed by atoms with E-state index in [-0.39, 0.29) is 29.5 Å². The van der Waals surface area contributed by atoms with Crippen LogP contribution < -0.4 is 10.9 Å². The first-order chi connectivity index (χ1) is 13.8. The lowest BCUT2D eigenvalue weighted by Crippen LogP contribution is -2.29. The molecule has 3 heterocycles. The monoisotopic (exact) mass is 411 g/mol. The number of hydrogen-bond donors (Lipinski definition) is 1. The minimum atomic E-state index is -0.268. The molecule has 0 saturated carbocycles. The summed E-state index contributed by atoms with van der Waals surface area (Å²) in [6, 6.07) is 7.62. The Morgan fingerprint density at radius 3 is 2.66 bits per heavy atom. The lowest BCUT2D eigenvalue weighted by Gasteiger charge is -2.20. The molecule has 0 fully saturated rings. The number of carbonyl (C=O) groups is 1. The fraction of sp³-hybridized carbons (Fsp3) is 0.429. The maximum Gasteiger partial charge on any atom is 0.265 e. The molecule has 0 aliphatic carbocycles. The van der Waals surface area contributed by atoms with E-state index in [1.165, 1.54) is 17.3 Å². The van der Waals surface area contributed by atoms with Gasteiger partial charge >= 0.3 is 0 Å². The van der Waals surface area contributed by atoms with E-state index < -0.39 is 0 Å². The third-order valence-corrected chi connectivity index (χ3v) is 6.17. The summed E-state index contributed by atoms with van der Waals surface area (Å²) in [5.74, 6) is 0.546. The Labute approximate surface area is 173 Å². The van der Waals surface area contributed by atoms with Gasteiger partial charge in [-0.15, -0.1) is 0 Å². The molecule has 1 atom stereocenters. The van der Waals surface area contributed by atoms with Gasteiger partial charge < -0.3 is 5.32 Å². The topological polar surface area (TPSA) is 81.8 Å². The summed E-state index contributed by atoms with van der Waals surface area (Å²) in [5.41, 5.74) is 2.20. The molecular formula is C21H25N5O2S. The minimum Gasteiger partial charge on any atom is -0.326 e. The van der Waals surface area contributed by atoms with Crippen LogP contribution in [0.15, 0.2) is 40.4 Å². The van der Waals surface area contributed by atoms with E-state index in [2.05, 4.69) is 17.3 Å². The summed E-state index contributed by atoms with van der Waals surface area (Å²) >= 11 is 1.51. The zero-order valence-electron chi connectivity index (χ0n) is 17.1. The number of fused-ring (bicyclic) bond motifs is 2. The van der Waals surface area contributed by atoms with Crippen LogP contribution in [0.2, 0.25) is 0 Å². The van der Waals surface area contributed by atoms with Gasteiger partial charge in [0.1, 0.15) is 5.39 Å². The summed E-state index contributed by atoms with van der Waals surface area (Å²) in [5, 5.41) is 8.45. The standard InChI is InChI=1S/C21H25N5O2S/c1-5-13-6-8-14(9-7-13)23-17(27)10-15-12-29-20-24-18-16(19(28)25(15)20)11-22-26(18)21(2,3)4/h6-9,11,15H,5,10,12H2,1-4H3,(H,23,27). The number of nitrogens with zero attached hydrogens (tertiary/aromatic N) is 4. The minimum absolute atomic E-state index is 0.106. The molecular weight excluding hydrogens is 386 g/mol. The normalized spacial score (nSPS) is 16.2. The van der Waals surface area contributed by atoms with Crippen LogP contribution in [0.1, 0.15) is 45.7 Å². The van der Waals surface area contributed by atoms with Crippen molar-refractivity contribution >= 4 is 34.4 Å². The van der Waals surface area contributed by atoms with Crippen LogP contribution in [0.5, 0.6) is 0 Å². The van der Waals surface area contributed by atoms with Gasteiger partial charge in [-0.1, -0.05) is 30.8 Å². The van der Waals surface area contributed by atoms with Crippen molar-refractivity contribution in [2.24, 2.45) is 0 Å². The van der Waals surface area contributed by atoms with Crippen molar-refractivity contribution in [1.82, 2.24) is 19.3 Å². The zero-order chi connectivity index (χ0) is 20.8. The molecule has 1 unspecified atom stereocenters. The van der Waals surface area contributed by atoms with Crippen LogP contribution in [0.4, 0.5) is 5.69 Å². The Morgan fingerprint density at radius 1 is 1.28 bits per heavy atom. The molecule has 0 bridgehead atoms. The van der Waals surface area contributed by atoms with E-state index >= 15 is 0 Å². The average molecular weight is 412 g/mol. The second kappa shape index (κ2) is 7.33. The highest BCUT2D eigenvalue weighted by molar-refractivity contribution is 7.99. The van der Waals surface area contributed by atoms with Gasteiger partial charge in [0.2, 0.25) is 5.91 Å². The van der Waals surface area contributed by atoms with Gasteiger partial charge in [-0.25, -0.2) is 9.67 Å². The molecule has 152 valence electrons. The summed E-state index contributed by atoms with van der Waals surface area (Å²) in [6.07, 6.45) is 2.77. The number of hydrogen-bond acceptors (Lipinski definition) is 5. The van der Waals surface area contributed by atoms with Gasteiger partial charge in [-0.3, -0.25) is 14.2 Å². The number of benzene rings is 1. The van der Waals surface area contributed by atoms with Crippen molar-refractivity contribution in [2.45, 2.75) is 57.3 Å². The third kappa shape index (κ3) is 3.69. The molecule has 1 aromatic carbocycles. The molecule has 1 N–H and O–H groups in total. The van der Waals surface area contributed by atoms with E-state index in [9.17, 15) is 9.59 Å². The molecule has 1 aliphatic rings. The van der Waals surface area contributed by atoms with Crippen molar-refractivity contribution < 1.29 is 4.79 Å². The maximum atomic E-state index is 13.1. The second-order valence-electron chi connectivity index (χ2n) is 8.30. The van der Waals surface area contributed by atoms with E-state index in [1.807, 2.05) is 45.0 Å². The predicted octanol–water partition coefficient (Wildman–Crippen LogP) is 3.59. The molecule has 1 amide bonds. The predicted molar refractivity (Wildman–Crippen MR) is 116 cm³/mol. The first kappa shape index (κ1) is 19.7. The molecule has 0 radical (unpaired) electrons. The van der Waals surface area contributed by atoms with Gasteiger partial charge in [-0.05, 0) is 44.9 Å². The van der Waals surface area contributed by atoms with E-state index in [4.69, 9.17) is 4.98 Å². The zero-order valence-corrected chi connectivity index (χ0v) is 17.9. The van der Waals surface area contributed by atoms with Crippen LogP contribution in [-0.4, -0.2) is 31.0 Å². The molecule has 1 aliphatic heterocycles. The van der Waals surface area contributed by atoms with Gasteiger partial charge in [0.25, 0.3) is 5.56 Å². The van der Waals surface area contributed by atoms with Gasteiger partial charge in [0.15, 0.2) is 10.8 Å². The first-order valence-electron chi connectivity index (χ1n) is 9.80. The van der Waals surface area contributed by atoms with Crippen LogP contribution in [0, 0.1) is 0 Å². The van der Waals surface area contributed by atoms with Gasteiger partial charge in [0, 0.05) is 17.9 Å². The highest BCUT2D eigenvalue weighted by Gasteiger charge is 2.30. The summed E-state index contributed by atoms with van der Waals surface area (Å²) < 4.78 is 3.44. The van der Waals surface area contributed by atoms with E-state index in [0.717, 1.165) is 12.1 Å². The van der Waals surface area contributed by atoms with Crippen molar-refractivity contribution in [3.8, 4) is 0 Å². The van der Waals surface area contributed by atoms with Gasteiger partial charge in [0.05, 0.1) is 17.8 Å². The average Bonchev–Trinajstić information content (AvgIpc) is 3.27. The number of nitrogens with one attached hydrogen (secondary N) is 1. The van der Waals surface area contributed by atoms with Crippen molar-refractivity contribution in [3.63, 3.8) is 0 Å². The van der Waals surface area contributed by atoms with E-state index in [1.54, 1.807) is 15.4 Å². The molecule has 4 rings (SSSR count). The SMILES string of the molecule is CCc1ccc(NC(=O)CC2CSc3nc4c(cnn4C(C)(C)C)c(=O)n32)cc1. The number of carbonyl (C=O) groups excluding carboxylic acids is 1. The highest BCUT2D eigenvalue weighted by atomic mass is 32.2. The summed E-state index contributed by atoms with van der Waals surface area (Å²) in [7, 11) is 0. The molecule has 7 nitrogen and oxygen atoms in total. The summed E-state index contributed by atoms with van der Waals surface area (Å²) in [4.78, 5) is 30.4. The number of aromatic nitrogens is 4. The molecule has 3 aromatic rings. The lowest BCUT2D eigenvalue weighted by molar-refractivity contribution is -0.116. The number of amides is 1. The number of rotatable bonds is 4. The Kier molecular flexibility index (Phi) is 4.98. The number of aryl methyl sites for hydroxylation is 1. The number of anilines is 1. The fourth-order valence-corrected chi connectivity index (χ4v) is 4.65. The molecule has 29 heavy (non-hydrogen) atoms. The molecule has 2 aromatic heterocycles. The Morgan fingerprint density at radius 2 is 2.00 bits per heavy atom. The molecule has 0 saturated heterocycles. The molecule has 0 spiro atoms. The van der Waals surface area contributed by atoms with Crippen LogP contribution >= 0.6 is 11.8 Å². The van der Waals surface area contributed by atoms with E-state index in [0.29, 0.717) is 21.9 Å². The highest BCUT2D eigenvalue weighted by Crippen LogP contribution is 2.34. The lowest BCUT2D eigenvalue weighted by atomic mass is 10.1. The fourth-order valence-electron chi connectivity index (χ4n) is 3.52. The third-order valence-electron chi connectivity index (χ3n) is 5.07. The molecule has 8 heteroatoms. The quantitative estimate of drug-likeness (QED) is 0.664. The Hall–Kier alpha value is -2.61. The van der Waals surface area contributed by atoms with Crippen molar-refractivity contribution in [2.75, 3.05) is 11.1 Å². The van der Waals surface area contributed by atoms with Gasteiger partial charge in [-0.2, -0.15) is 5.10 Å². The maximum absolute atomic E-state index is 13.1.